The molecule has 4 aliphatic rings. The first kappa shape index (κ1) is 22.2. The maximum Gasteiger partial charge on any atom is 0.0543 e. The van der Waals surface area contributed by atoms with Gasteiger partial charge in [0, 0.05) is 0 Å². The van der Waals surface area contributed by atoms with E-state index in [-0.39, 0.29) is 6.10 Å². The van der Waals surface area contributed by atoms with Crippen molar-refractivity contribution in [2.75, 3.05) is 0 Å². The maximum atomic E-state index is 10.3. The highest BCUT2D eigenvalue weighted by Crippen LogP contribution is 2.68. The summed E-state index contributed by atoms with van der Waals surface area (Å²) >= 11 is 0. The van der Waals surface area contributed by atoms with Gasteiger partial charge in [-0.2, -0.15) is 0 Å². The van der Waals surface area contributed by atoms with E-state index >= 15 is 0 Å². The molecule has 4 fully saturated rings. The Morgan fingerprint density at radius 2 is 1.48 bits per heavy atom. The molecule has 168 valence electrons. The van der Waals surface area contributed by atoms with Crippen molar-refractivity contribution in [3.8, 4) is 0 Å². The fraction of sp³-hybridized carbons (Fsp3) is 1.00. The lowest BCUT2D eigenvalue weighted by molar-refractivity contribution is -0.129. The fourth-order valence-electron chi connectivity index (χ4n) is 9.27. The Morgan fingerprint density at radius 1 is 0.793 bits per heavy atom. The van der Waals surface area contributed by atoms with Crippen LogP contribution in [0.5, 0.6) is 0 Å². The van der Waals surface area contributed by atoms with Crippen molar-refractivity contribution in [1.29, 1.82) is 0 Å². The fourth-order valence-corrected chi connectivity index (χ4v) is 9.27. The molecule has 1 heteroatoms. The van der Waals surface area contributed by atoms with Gasteiger partial charge in [0.1, 0.15) is 0 Å². The van der Waals surface area contributed by atoms with Crippen LogP contribution in [-0.2, 0) is 0 Å². The highest BCUT2D eigenvalue weighted by atomic mass is 16.3. The second-order valence-electron chi connectivity index (χ2n) is 13.1. The van der Waals surface area contributed by atoms with Gasteiger partial charge in [0.05, 0.1) is 6.10 Å². The molecule has 0 aromatic carbocycles. The Bertz CT molecular complexity index is 569. The van der Waals surface area contributed by atoms with E-state index in [1.807, 2.05) is 0 Å². The molecule has 0 radical (unpaired) electrons. The van der Waals surface area contributed by atoms with Gasteiger partial charge in [-0.05, 0) is 116 Å². The molecule has 0 saturated heterocycles. The van der Waals surface area contributed by atoms with Gasteiger partial charge in [-0.25, -0.2) is 0 Å². The summed E-state index contributed by atoms with van der Waals surface area (Å²) < 4.78 is 0. The van der Waals surface area contributed by atoms with Crippen molar-refractivity contribution in [3.63, 3.8) is 0 Å². The second-order valence-corrected chi connectivity index (χ2v) is 13.1. The summed E-state index contributed by atoms with van der Waals surface area (Å²) in [6.45, 7) is 15.2. The number of rotatable bonds is 5. The summed E-state index contributed by atoms with van der Waals surface area (Å²) in [5.41, 5.74) is 1.14. The van der Waals surface area contributed by atoms with E-state index in [0.717, 1.165) is 60.2 Å². The molecule has 4 rings (SSSR count). The lowest BCUT2D eigenvalue weighted by Crippen LogP contribution is -2.54. The Balaban J connectivity index is 1.46. The van der Waals surface area contributed by atoms with E-state index in [1.54, 1.807) is 0 Å². The summed E-state index contributed by atoms with van der Waals surface area (Å²) in [6, 6.07) is 0. The molecule has 0 aromatic rings. The Kier molecular flexibility index (Phi) is 6.22. The molecule has 0 spiro atoms. The summed E-state index contributed by atoms with van der Waals surface area (Å²) in [5.74, 6) is 7.28. The Labute approximate surface area is 181 Å². The SMILES string of the molecule is CC(C)[C@@H](C)CC[C@@H](C)[C@H]1CC[C@H]2[C@@H]3CC[C@H]4CC(O)CC[C@]4(C)[C@H]3CC[C@]12C. The van der Waals surface area contributed by atoms with Crippen molar-refractivity contribution in [2.45, 2.75) is 118 Å². The summed E-state index contributed by atoms with van der Waals surface area (Å²) in [4.78, 5) is 0. The number of aliphatic hydroxyl groups is 1. The van der Waals surface area contributed by atoms with Gasteiger partial charge in [-0.1, -0.05) is 54.4 Å². The van der Waals surface area contributed by atoms with Crippen LogP contribution in [0.2, 0.25) is 0 Å². The minimum atomic E-state index is -0.0107. The first-order chi connectivity index (χ1) is 13.7. The van der Waals surface area contributed by atoms with Crippen molar-refractivity contribution in [1.82, 2.24) is 0 Å². The van der Waals surface area contributed by atoms with E-state index in [4.69, 9.17) is 0 Å². The third-order valence-corrected chi connectivity index (χ3v) is 11.6. The van der Waals surface area contributed by atoms with Gasteiger partial charge in [0.25, 0.3) is 0 Å². The largest absolute Gasteiger partial charge is 0.393 e. The smallest absolute Gasteiger partial charge is 0.0543 e. The second kappa shape index (κ2) is 8.14. The molecule has 29 heavy (non-hydrogen) atoms. The first-order valence-electron chi connectivity index (χ1n) is 13.3. The molecule has 1 N–H and O–H groups in total. The molecule has 0 bridgehead atoms. The quantitative estimate of drug-likeness (QED) is 0.499. The molecule has 4 saturated carbocycles. The van der Waals surface area contributed by atoms with Crippen molar-refractivity contribution >= 4 is 0 Å². The average molecular weight is 403 g/mol. The van der Waals surface area contributed by atoms with E-state index in [2.05, 4.69) is 41.5 Å². The van der Waals surface area contributed by atoms with Crippen LogP contribution in [-0.4, -0.2) is 11.2 Å². The van der Waals surface area contributed by atoms with Gasteiger partial charge in [0.2, 0.25) is 0 Å². The normalized spacial score (nSPS) is 49.2. The number of hydrogen-bond donors (Lipinski definition) is 1. The van der Waals surface area contributed by atoms with Gasteiger partial charge in [-0.15, -0.1) is 0 Å². The van der Waals surface area contributed by atoms with E-state index in [9.17, 15) is 5.11 Å². The molecule has 0 aromatic heterocycles. The molecular weight excluding hydrogens is 352 g/mol. The zero-order valence-corrected chi connectivity index (χ0v) is 20.4. The van der Waals surface area contributed by atoms with Crippen molar-refractivity contribution in [3.05, 3.63) is 0 Å². The minimum absolute atomic E-state index is 0.0107. The van der Waals surface area contributed by atoms with Gasteiger partial charge in [-0.3, -0.25) is 0 Å². The minimum Gasteiger partial charge on any atom is -0.393 e. The maximum absolute atomic E-state index is 10.3. The topological polar surface area (TPSA) is 20.2 Å². The van der Waals surface area contributed by atoms with Crippen LogP contribution in [0.25, 0.3) is 0 Å². The molecule has 10 atom stereocenters. The number of aliphatic hydroxyl groups excluding tert-OH is 1. The van der Waals surface area contributed by atoms with E-state index < -0.39 is 0 Å². The molecule has 4 aliphatic carbocycles. The van der Waals surface area contributed by atoms with Crippen molar-refractivity contribution in [2.24, 2.45) is 58.2 Å². The average Bonchev–Trinajstić information content (AvgIpc) is 3.03. The standard InChI is InChI=1S/C28H50O/c1-18(2)19(3)7-8-20(4)24-11-12-25-23-10-9-21-17-22(29)13-15-27(21,5)26(23)14-16-28(24,25)6/h18-26,29H,7-17H2,1-6H3/t19-,20+,21-,22?,23-,24+,25-,26-,27-,28+/m0/s1. The van der Waals surface area contributed by atoms with Crippen LogP contribution < -0.4 is 0 Å². The monoisotopic (exact) mass is 402 g/mol. The zero-order valence-electron chi connectivity index (χ0n) is 20.4. The van der Waals surface area contributed by atoms with Crippen LogP contribution >= 0.6 is 0 Å². The highest BCUT2D eigenvalue weighted by molar-refractivity contribution is 5.09. The summed E-state index contributed by atoms with van der Waals surface area (Å²) in [7, 11) is 0. The summed E-state index contributed by atoms with van der Waals surface area (Å²) in [5, 5.41) is 10.3. The lowest BCUT2D eigenvalue weighted by atomic mass is 9.44. The van der Waals surface area contributed by atoms with E-state index in [0.29, 0.717) is 10.8 Å². The zero-order chi connectivity index (χ0) is 21.0. The lowest BCUT2D eigenvalue weighted by Gasteiger charge is -2.61. The molecule has 0 amide bonds. The Morgan fingerprint density at radius 3 is 2.21 bits per heavy atom. The number of hydrogen-bond acceptors (Lipinski definition) is 1. The van der Waals surface area contributed by atoms with Gasteiger partial charge >= 0.3 is 0 Å². The summed E-state index contributed by atoms with van der Waals surface area (Å²) in [6.07, 6.45) is 15.1. The van der Waals surface area contributed by atoms with Crippen LogP contribution in [0.1, 0.15) is 112 Å². The Hall–Kier alpha value is -0.0400. The first-order valence-corrected chi connectivity index (χ1v) is 13.3. The van der Waals surface area contributed by atoms with Crippen LogP contribution in [0.15, 0.2) is 0 Å². The third kappa shape index (κ3) is 3.74. The van der Waals surface area contributed by atoms with E-state index in [1.165, 1.54) is 57.8 Å². The molecule has 0 heterocycles. The van der Waals surface area contributed by atoms with Gasteiger partial charge < -0.3 is 5.11 Å². The predicted octanol–water partition coefficient (Wildman–Crippen LogP) is 7.71. The molecule has 1 nitrogen and oxygen atoms in total. The molecular formula is C28H50O. The predicted molar refractivity (Wildman–Crippen MR) is 124 cm³/mol. The van der Waals surface area contributed by atoms with Gasteiger partial charge in [0.15, 0.2) is 0 Å². The van der Waals surface area contributed by atoms with Crippen LogP contribution in [0, 0.1) is 58.2 Å². The molecule has 1 unspecified atom stereocenters. The van der Waals surface area contributed by atoms with Crippen molar-refractivity contribution < 1.29 is 5.11 Å². The molecule has 0 aliphatic heterocycles. The third-order valence-electron chi connectivity index (χ3n) is 11.6. The highest BCUT2D eigenvalue weighted by Gasteiger charge is 2.60. The van der Waals surface area contributed by atoms with Crippen LogP contribution in [0.3, 0.4) is 0 Å². The van der Waals surface area contributed by atoms with Crippen LogP contribution in [0.4, 0.5) is 0 Å². The number of fused-ring (bicyclic) bond motifs is 5.